The van der Waals surface area contributed by atoms with Gasteiger partial charge in [-0.3, -0.25) is 4.79 Å². The molecule has 2 aliphatic rings. The summed E-state index contributed by atoms with van der Waals surface area (Å²) >= 11 is 6.25. The molecule has 3 heterocycles. The van der Waals surface area contributed by atoms with Gasteiger partial charge in [0.1, 0.15) is 11.7 Å². The lowest BCUT2D eigenvalue weighted by molar-refractivity contribution is -0.125. The van der Waals surface area contributed by atoms with Gasteiger partial charge < -0.3 is 14.8 Å². The molecule has 2 aromatic heterocycles. The monoisotopic (exact) mass is 360 g/mol. The first-order valence-electron chi connectivity index (χ1n) is 9.27. The quantitative estimate of drug-likeness (QED) is 0.859. The van der Waals surface area contributed by atoms with E-state index in [-0.39, 0.29) is 17.5 Å². The second-order valence-electron chi connectivity index (χ2n) is 7.43. The van der Waals surface area contributed by atoms with Crippen molar-refractivity contribution in [3.05, 3.63) is 29.5 Å². The second kappa shape index (κ2) is 6.61. The first-order valence-corrected chi connectivity index (χ1v) is 9.65. The first-order chi connectivity index (χ1) is 12.1. The molecule has 4 rings (SSSR count). The van der Waals surface area contributed by atoms with Crippen LogP contribution in [0.4, 0.5) is 0 Å². The maximum atomic E-state index is 13.0. The largest absolute Gasteiger partial charge is 0.348 e. The Hall–Kier alpha value is -1.59. The Morgan fingerprint density at radius 1 is 1.36 bits per heavy atom. The molecule has 2 aromatic rings. The summed E-state index contributed by atoms with van der Waals surface area (Å²) in [5.41, 5.74) is 0.766. The van der Waals surface area contributed by atoms with E-state index in [2.05, 4.69) is 15.2 Å². The van der Waals surface area contributed by atoms with Crippen LogP contribution in [0.2, 0.25) is 5.02 Å². The highest BCUT2D eigenvalue weighted by Gasteiger charge is 2.46. The first kappa shape index (κ1) is 16.9. The van der Waals surface area contributed by atoms with Gasteiger partial charge in [0, 0.05) is 24.3 Å². The van der Waals surface area contributed by atoms with Crippen molar-refractivity contribution < 1.29 is 4.79 Å². The zero-order valence-electron chi connectivity index (χ0n) is 14.7. The van der Waals surface area contributed by atoms with E-state index < -0.39 is 0 Å². The number of nitrogens with one attached hydrogen (secondary N) is 1. The number of likely N-dealkylation sites (tertiary alicyclic amines) is 1. The Labute approximate surface area is 153 Å². The molecule has 0 spiro atoms. The highest BCUT2D eigenvalue weighted by atomic mass is 35.5. The van der Waals surface area contributed by atoms with Gasteiger partial charge in [-0.1, -0.05) is 18.5 Å². The minimum atomic E-state index is -0.250. The Morgan fingerprint density at radius 3 is 2.80 bits per heavy atom. The average molecular weight is 361 g/mol. The average Bonchev–Trinajstić information content (AvgIpc) is 2.99. The summed E-state index contributed by atoms with van der Waals surface area (Å²) in [5, 5.41) is 4.92. The lowest BCUT2D eigenvalue weighted by atomic mass is 10.1. The minimum Gasteiger partial charge on any atom is -0.348 e. The zero-order valence-corrected chi connectivity index (χ0v) is 15.4. The van der Waals surface area contributed by atoms with Gasteiger partial charge in [0.15, 0.2) is 0 Å². The van der Waals surface area contributed by atoms with Gasteiger partial charge in [-0.2, -0.15) is 0 Å². The van der Waals surface area contributed by atoms with Crippen molar-refractivity contribution >= 4 is 28.5 Å². The number of carbonyl (C=O) groups excluding carboxylic acids is 1. The van der Waals surface area contributed by atoms with Crippen molar-refractivity contribution in [3.63, 3.8) is 0 Å². The fourth-order valence-electron chi connectivity index (χ4n) is 3.97. The lowest BCUT2D eigenvalue weighted by Crippen LogP contribution is -2.47. The van der Waals surface area contributed by atoms with Gasteiger partial charge in [0.05, 0.1) is 10.6 Å². The van der Waals surface area contributed by atoms with Crippen LogP contribution in [0.25, 0.3) is 11.0 Å². The molecule has 1 N–H and O–H groups in total. The second-order valence-corrected chi connectivity index (χ2v) is 7.84. The Morgan fingerprint density at radius 2 is 2.12 bits per heavy atom. The molecule has 1 atom stereocenters. The molecular formula is C19H25ClN4O. The van der Waals surface area contributed by atoms with Crippen LogP contribution in [0, 0.1) is 0 Å². The van der Waals surface area contributed by atoms with E-state index in [0.717, 1.165) is 36.8 Å². The molecule has 1 saturated carbocycles. The van der Waals surface area contributed by atoms with Crippen molar-refractivity contribution in [1.82, 2.24) is 19.8 Å². The van der Waals surface area contributed by atoms with Gasteiger partial charge in [0.25, 0.3) is 0 Å². The van der Waals surface area contributed by atoms with Gasteiger partial charge in [-0.05, 0) is 57.3 Å². The molecule has 0 bridgehead atoms. The van der Waals surface area contributed by atoms with Gasteiger partial charge >= 0.3 is 0 Å². The number of hydrogen-bond donors (Lipinski definition) is 1. The zero-order chi connectivity index (χ0) is 17.4. The molecule has 1 unspecified atom stereocenters. The smallest absolute Gasteiger partial charge is 0.243 e. The Balaban J connectivity index is 1.52. The highest BCUT2D eigenvalue weighted by Crippen LogP contribution is 2.38. The summed E-state index contributed by atoms with van der Waals surface area (Å²) in [6, 6.07) is 3.47. The van der Waals surface area contributed by atoms with E-state index in [1.54, 1.807) is 12.3 Å². The number of hydrogen-bond acceptors (Lipinski definition) is 3. The maximum Gasteiger partial charge on any atom is 0.243 e. The Bertz CT molecular complexity index is 777. The van der Waals surface area contributed by atoms with Crippen LogP contribution in [0.1, 0.15) is 45.1 Å². The molecule has 1 saturated heterocycles. The summed E-state index contributed by atoms with van der Waals surface area (Å²) in [4.78, 5) is 19.9. The van der Waals surface area contributed by atoms with Crippen LogP contribution in [-0.2, 0) is 4.79 Å². The number of amides is 1. The van der Waals surface area contributed by atoms with E-state index in [9.17, 15) is 4.79 Å². The molecule has 1 aliphatic carbocycles. The number of fused-ring (bicyclic) bond motifs is 1. The fraction of sp³-hybridized carbons (Fsp3) is 0.579. The van der Waals surface area contributed by atoms with Crippen LogP contribution >= 0.6 is 11.6 Å². The van der Waals surface area contributed by atoms with Crippen LogP contribution in [0.5, 0.6) is 0 Å². The number of pyridine rings is 1. The lowest BCUT2D eigenvalue weighted by Gasteiger charge is -2.26. The third-order valence-corrected chi connectivity index (χ3v) is 5.88. The van der Waals surface area contributed by atoms with Crippen molar-refractivity contribution in [2.45, 2.75) is 50.6 Å². The van der Waals surface area contributed by atoms with Gasteiger partial charge in [-0.25, -0.2) is 4.98 Å². The minimum absolute atomic E-state index is 0.0110. The van der Waals surface area contributed by atoms with Crippen molar-refractivity contribution in [2.24, 2.45) is 0 Å². The van der Waals surface area contributed by atoms with E-state index in [1.807, 2.05) is 23.8 Å². The molecule has 5 nitrogen and oxygen atoms in total. The van der Waals surface area contributed by atoms with E-state index in [0.29, 0.717) is 5.02 Å². The summed E-state index contributed by atoms with van der Waals surface area (Å²) in [7, 11) is 0. The third-order valence-electron chi connectivity index (χ3n) is 5.55. The van der Waals surface area contributed by atoms with Crippen molar-refractivity contribution in [2.75, 3.05) is 19.6 Å². The van der Waals surface area contributed by atoms with Crippen molar-refractivity contribution in [1.29, 1.82) is 0 Å². The highest BCUT2D eigenvalue weighted by molar-refractivity contribution is 6.35. The van der Waals surface area contributed by atoms with Gasteiger partial charge in [0.2, 0.25) is 5.91 Å². The third kappa shape index (κ3) is 3.27. The number of nitrogens with zero attached hydrogens (tertiary/aromatic N) is 3. The van der Waals surface area contributed by atoms with E-state index >= 15 is 0 Å². The fourth-order valence-corrected chi connectivity index (χ4v) is 4.18. The summed E-state index contributed by atoms with van der Waals surface area (Å²) in [5.74, 6) is 0.0958. The number of halogens is 1. The Kier molecular flexibility index (Phi) is 4.46. The number of rotatable bonds is 6. The molecule has 6 heteroatoms. The standard InChI is InChI=1S/C19H25ClN4O/c1-2-16(24-12-6-14-15(20)5-9-21-17(14)24)18(25)22-19(7-8-19)13-23-10-3-4-11-23/h5-6,9,12,16H,2-4,7-8,10-11,13H2,1H3,(H,22,25). The summed E-state index contributed by atoms with van der Waals surface area (Å²) in [6.07, 6.45) is 9.08. The number of carbonyl (C=O) groups is 1. The molecule has 134 valence electrons. The molecule has 0 aromatic carbocycles. The van der Waals surface area contributed by atoms with Crippen molar-refractivity contribution in [3.8, 4) is 0 Å². The molecule has 0 radical (unpaired) electrons. The SMILES string of the molecule is CCC(C(=O)NC1(CN2CCCC2)CC1)n1ccc2c(Cl)ccnc21. The van der Waals surface area contributed by atoms with Gasteiger partial charge in [-0.15, -0.1) is 0 Å². The summed E-state index contributed by atoms with van der Waals surface area (Å²) < 4.78 is 1.96. The van der Waals surface area contributed by atoms with E-state index in [4.69, 9.17) is 11.6 Å². The predicted octanol–water partition coefficient (Wildman–Crippen LogP) is 3.39. The normalized spacial score (nSPS) is 20.7. The topological polar surface area (TPSA) is 50.2 Å². The van der Waals surface area contributed by atoms with Crippen LogP contribution in [0.15, 0.2) is 24.5 Å². The molecule has 2 fully saturated rings. The van der Waals surface area contributed by atoms with Crippen LogP contribution in [0.3, 0.4) is 0 Å². The number of aromatic nitrogens is 2. The van der Waals surface area contributed by atoms with E-state index in [1.165, 1.54) is 25.9 Å². The maximum absolute atomic E-state index is 13.0. The summed E-state index contributed by atoms with van der Waals surface area (Å²) in [6.45, 7) is 5.37. The molecule has 25 heavy (non-hydrogen) atoms. The predicted molar refractivity (Wildman–Crippen MR) is 99.9 cm³/mol. The molecular weight excluding hydrogens is 336 g/mol. The van der Waals surface area contributed by atoms with Crippen LogP contribution < -0.4 is 5.32 Å². The molecule has 1 aliphatic heterocycles. The molecule has 1 amide bonds. The van der Waals surface area contributed by atoms with Crippen LogP contribution in [-0.4, -0.2) is 45.5 Å².